The van der Waals surface area contributed by atoms with Gasteiger partial charge < -0.3 is 66.4 Å². The number of aliphatic carboxylic acids is 1. The summed E-state index contributed by atoms with van der Waals surface area (Å²) in [5, 5.41) is 129. The number of hydrogen-bond donors (Lipinski definition) is 13. The fourth-order valence-electron chi connectivity index (χ4n) is 3.37. The lowest BCUT2D eigenvalue weighted by molar-refractivity contribution is -0.228. The predicted molar refractivity (Wildman–Crippen MR) is 135 cm³/mol. The molecule has 0 aliphatic carbocycles. The van der Waals surface area contributed by atoms with Gasteiger partial charge in [0.2, 0.25) is 5.91 Å². The molecule has 16 heteroatoms. The number of aliphatic hydroxyl groups excluding tert-OH is 12. The maximum absolute atomic E-state index is 13.4. The maximum atomic E-state index is 13.4. The fraction of sp³-hybridized carbons (Fsp3) is 0.667. The molecule has 0 bridgehead atoms. The third kappa shape index (κ3) is 10.3. The van der Waals surface area contributed by atoms with Crippen molar-refractivity contribution in [2.75, 3.05) is 13.2 Å². The number of rotatable bonds is 17. The van der Waals surface area contributed by atoms with Crippen LogP contribution in [0.2, 0.25) is 0 Å². The van der Waals surface area contributed by atoms with Crippen molar-refractivity contribution >= 4 is 11.9 Å². The molecule has 13 N–H and O–H groups in total. The van der Waals surface area contributed by atoms with Gasteiger partial charge in [0.1, 0.15) is 48.8 Å². The highest BCUT2D eigenvalue weighted by atomic mass is 16.4. The number of aliphatic hydroxyl groups is 12. The standard InChI is InChI=1S/C24H41NO15/c1-10(2)6-4-5-7-11(3)14(24(39)40)21(36)25(22(37)19(34)17(32)15(30)12(28)8-26)23(38)20(35)18(33)16(31)13(29)9-27/h4-7,12-20,22-23,26-35,37-38H,8-9H2,1-3H3,(H,39,40)/b5-4+,11-7+/t12-,13-,14?,15+,16+,17+,18+,19+,20+,22?,23?/m0/s1. The van der Waals surface area contributed by atoms with Crippen LogP contribution in [0.1, 0.15) is 20.8 Å². The first kappa shape index (κ1) is 37.7. The first-order valence-corrected chi connectivity index (χ1v) is 12.0. The quantitative estimate of drug-likeness (QED) is 0.0431. The minimum atomic E-state index is -2.85. The van der Waals surface area contributed by atoms with Gasteiger partial charge in [0.05, 0.1) is 13.2 Å². The molecule has 0 aromatic heterocycles. The number of allylic oxidation sites excluding steroid dienone is 5. The summed E-state index contributed by atoms with van der Waals surface area (Å²) >= 11 is 0. The Morgan fingerprint density at radius 3 is 1.32 bits per heavy atom. The second-order valence-electron chi connectivity index (χ2n) is 9.33. The summed E-state index contributed by atoms with van der Waals surface area (Å²) in [5.74, 6) is -5.77. The Morgan fingerprint density at radius 1 is 0.625 bits per heavy atom. The molecule has 0 aliphatic heterocycles. The zero-order valence-corrected chi connectivity index (χ0v) is 22.2. The van der Waals surface area contributed by atoms with Crippen LogP contribution >= 0.6 is 0 Å². The van der Waals surface area contributed by atoms with Gasteiger partial charge in [0, 0.05) is 0 Å². The Labute approximate surface area is 229 Å². The van der Waals surface area contributed by atoms with E-state index in [1.165, 1.54) is 25.2 Å². The molecule has 0 radical (unpaired) electrons. The molecule has 0 spiro atoms. The third-order valence-corrected chi connectivity index (χ3v) is 5.85. The van der Waals surface area contributed by atoms with Crippen LogP contribution in [0.25, 0.3) is 0 Å². The van der Waals surface area contributed by atoms with Crippen molar-refractivity contribution in [3.63, 3.8) is 0 Å². The zero-order chi connectivity index (χ0) is 31.5. The van der Waals surface area contributed by atoms with E-state index >= 15 is 0 Å². The number of carbonyl (C=O) groups excluding carboxylic acids is 1. The smallest absolute Gasteiger partial charge is 0.320 e. The highest BCUT2D eigenvalue weighted by Crippen LogP contribution is 2.23. The van der Waals surface area contributed by atoms with E-state index in [0.717, 1.165) is 5.57 Å². The molecule has 0 aromatic carbocycles. The van der Waals surface area contributed by atoms with Crippen LogP contribution in [-0.2, 0) is 9.59 Å². The van der Waals surface area contributed by atoms with Gasteiger partial charge in [-0.15, -0.1) is 0 Å². The van der Waals surface area contributed by atoms with Crippen molar-refractivity contribution in [3.8, 4) is 0 Å². The normalized spacial score (nSPS) is 20.8. The van der Waals surface area contributed by atoms with Crippen LogP contribution in [0.3, 0.4) is 0 Å². The summed E-state index contributed by atoms with van der Waals surface area (Å²) in [7, 11) is 0. The molecule has 3 unspecified atom stereocenters. The van der Waals surface area contributed by atoms with Crippen molar-refractivity contribution < 1.29 is 76.0 Å². The summed E-state index contributed by atoms with van der Waals surface area (Å²) in [6.07, 6.45) is -19.2. The molecular weight excluding hydrogens is 542 g/mol. The van der Waals surface area contributed by atoms with E-state index in [0.29, 0.717) is 0 Å². The van der Waals surface area contributed by atoms with Crippen molar-refractivity contribution in [1.29, 1.82) is 0 Å². The van der Waals surface area contributed by atoms with Gasteiger partial charge >= 0.3 is 5.97 Å². The molecule has 0 rings (SSSR count). The first-order valence-electron chi connectivity index (χ1n) is 12.0. The van der Waals surface area contributed by atoms with Gasteiger partial charge in [-0.1, -0.05) is 29.9 Å². The molecule has 0 aromatic rings. The van der Waals surface area contributed by atoms with Crippen LogP contribution < -0.4 is 0 Å². The van der Waals surface area contributed by atoms with Crippen molar-refractivity contribution in [1.82, 2.24) is 4.90 Å². The second-order valence-corrected chi connectivity index (χ2v) is 9.33. The number of hydrogen-bond acceptors (Lipinski definition) is 14. The highest BCUT2D eigenvalue weighted by molar-refractivity contribution is 6.00. The Bertz CT molecular complexity index is 855. The maximum Gasteiger partial charge on any atom is 0.320 e. The number of carbonyl (C=O) groups is 2. The zero-order valence-electron chi connectivity index (χ0n) is 22.2. The molecule has 0 fully saturated rings. The SMILES string of the molecule is CC(C)=C/C=C/C=C(\C)C(C(=O)O)C(=O)N(C(O)[C@H](O)[C@H](O)[C@H](O)[C@@H](O)CO)C(O)[C@H](O)[C@H](O)[C@H](O)[C@@H](O)CO. The second kappa shape index (κ2) is 17.5. The van der Waals surface area contributed by atoms with Crippen molar-refractivity contribution in [2.45, 2.75) is 82.1 Å². The molecule has 0 saturated heterocycles. The first-order chi connectivity index (χ1) is 18.5. The molecule has 11 atom stereocenters. The van der Waals surface area contributed by atoms with Crippen LogP contribution in [-0.4, -0.2) is 158 Å². The fourth-order valence-corrected chi connectivity index (χ4v) is 3.37. The van der Waals surface area contributed by atoms with E-state index < -0.39 is 92.3 Å². The Hall–Kier alpha value is -2.32. The van der Waals surface area contributed by atoms with E-state index in [2.05, 4.69) is 0 Å². The number of carboxylic acids is 1. The predicted octanol–water partition coefficient (Wildman–Crippen LogP) is -5.51. The van der Waals surface area contributed by atoms with Gasteiger partial charge in [0.15, 0.2) is 18.4 Å². The Balaban J connectivity index is 6.67. The van der Waals surface area contributed by atoms with Gasteiger partial charge in [-0.25, -0.2) is 0 Å². The molecule has 16 nitrogen and oxygen atoms in total. The molecular formula is C24H41NO15. The highest BCUT2D eigenvalue weighted by Gasteiger charge is 2.47. The van der Waals surface area contributed by atoms with Gasteiger partial charge in [0.25, 0.3) is 0 Å². The molecule has 232 valence electrons. The minimum Gasteiger partial charge on any atom is -0.480 e. The van der Waals surface area contributed by atoms with Crippen LogP contribution in [0, 0.1) is 5.92 Å². The monoisotopic (exact) mass is 583 g/mol. The number of amides is 1. The summed E-state index contributed by atoms with van der Waals surface area (Å²) in [6.45, 7) is 2.50. The summed E-state index contributed by atoms with van der Waals surface area (Å²) < 4.78 is 0. The van der Waals surface area contributed by atoms with E-state index in [1.807, 2.05) is 0 Å². The largest absolute Gasteiger partial charge is 0.480 e. The van der Waals surface area contributed by atoms with Crippen molar-refractivity contribution in [2.24, 2.45) is 5.92 Å². The lowest BCUT2D eigenvalue weighted by atomic mass is 9.95. The topological polar surface area (TPSA) is 300 Å². The summed E-state index contributed by atoms with van der Waals surface area (Å²) in [5.41, 5.74) is 0.685. The average Bonchev–Trinajstić information content (AvgIpc) is 2.91. The molecule has 40 heavy (non-hydrogen) atoms. The van der Waals surface area contributed by atoms with E-state index in [1.54, 1.807) is 19.9 Å². The number of carboxylic acid groups (broad SMARTS) is 1. The molecule has 0 heterocycles. The van der Waals surface area contributed by atoms with Crippen LogP contribution in [0.5, 0.6) is 0 Å². The molecule has 0 saturated carbocycles. The van der Waals surface area contributed by atoms with Gasteiger partial charge in [-0.05, 0) is 26.3 Å². The van der Waals surface area contributed by atoms with Crippen molar-refractivity contribution in [3.05, 3.63) is 35.5 Å². The summed E-state index contributed by atoms with van der Waals surface area (Å²) in [6, 6.07) is 0. The average molecular weight is 584 g/mol. The molecule has 0 aliphatic rings. The van der Waals surface area contributed by atoms with Crippen LogP contribution in [0.4, 0.5) is 0 Å². The lowest BCUT2D eigenvalue weighted by Crippen LogP contribution is -2.64. The lowest BCUT2D eigenvalue weighted by Gasteiger charge is -2.41. The van der Waals surface area contributed by atoms with Gasteiger partial charge in [-0.2, -0.15) is 0 Å². The van der Waals surface area contributed by atoms with E-state index in [4.69, 9.17) is 10.2 Å². The Morgan fingerprint density at radius 2 is 1.00 bits per heavy atom. The van der Waals surface area contributed by atoms with Gasteiger partial charge in [-0.3, -0.25) is 14.5 Å². The van der Waals surface area contributed by atoms with E-state index in [9.17, 15) is 65.8 Å². The van der Waals surface area contributed by atoms with Crippen LogP contribution in [0.15, 0.2) is 35.5 Å². The number of nitrogens with zero attached hydrogens (tertiary/aromatic N) is 1. The Kier molecular flexibility index (Phi) is 16.5. The van der Waals surface area contributed by atoms with E-state index in [-0.39, 0.29) is 10.5 Å². The molecule has 1 amide bonds. The summed E-state index contributed by atoms with van der Waals surface area (Å²) in [4.78, 5) is 25.2. The third-order valence-electron chi connectivity index (χ3n) is 5.85. The minimum absolute atomic E-state index is 0.197.